The van der Waals surface area contributed by atoms with Crippen molar-refractivity contribution in [2.24, 2.45) is 0 Å². The van der Waals surface area contributed by atoms with Gasteiger partial charge >= 0.3 is 5.97 Å². The highest BCUT2D eigenvalue weighted by Crippen LogP contribution is 2.43. The molecule has 1 aliphatic rings. The molecule has 0 N–H and O–H groups in total. The normalized spacial score (nSPS) is 24.1. The number of benzene rings is 2. The largest absolute Gasteiger partial charge is 0.458 e. The van der Waals surface area contributed by atoms with Crippen LogP contribution in [0.2, 0.25) is 0 Å². The summed E-state index contributed by atoms with van der Waals surface area (Å²) >= 11 is 0. The lowest BCUT2D eigenvalue weighted by Crippen LogP contribution is -2.38. The van der Waals surface area contributed by atoms with Crippen LogP contribution < -0.4 is 0 Å². The summed E-state index contributed by atoms with van der Waals surface area (Å²) in [6.07, 6.45) is -0.0181. The van der Waals surface area contributed by atoms with Gasteiger partial charge in [-0.2, -0.15) is 0 Å². The number of hydrogen-bond acceptors (Lipinski definition) is 4. The maximum atomic E-state index is 13.0. The van der Waals surface area contributed by atoms with Gasteiger partial charge < -0.3 is 9.47 Å². The average Bonchev–Trinajstić information content (AvgIpc) is 3.07. The van der Waals surface area contributed by atoms with Crippen molar-refractivity contribution in [3.63, 3.8) is 0 Å². The van der Waals surface area contributed by atoms with Crippen molar-refractivity contribution in [3.8, 4) is 0 Å². The number of hydrogen-bond donors (Lipinski definition) is 0. The lowest BCUT2D eigenvalue weighted by Gasteiger charge is -2.34. The van der Waals surface area contributed by atoms with E-state index in [0.717, 1.165) is 12.0 Å². The second kappa shape index (κ2) is 8.46. The van der Waals surface area contributed by atoms with Crippen LogP contribution >= 0.6 is 0 Å². The zero-order valence-electron chi connectivity index (χ0n) is 17.5. The number of esters is 1. The molecular formula is C24H31NO3. The van der Waals surface area contributed by atoms with Gasteiger partial charge in [0.2, 0.25) is 0 Å². The van der Waals surface area contributed by atoms with Crippen LogP contribution in [0.4, 0.5) is 0 Å². The Morgan fingerprint density at radius 2 is 1.64 bits per heavy atom. The lowest BCUT2D eigenvalue weighted by atomic mass is 9.96. The minimum atomic E-state index is -0.655. The number of carbonyl (C=O) groups is 1. The Balaban J connectivity index is 2.01. The van der Waals surface area contributed by atoms with Gasteiger partial charge in [-0.05, 0) is 45.2 Å². The van der Waals surface area contributed by atoms with Crippen molar-refractivity contribution in [1.82, 2.24) is 4.90 Å². The van der Waals surface area contributed by atoms with Crippen molar-refractivity contribution < 1.29 is 14.3 Å². The molecule has 4 atom stereocenters. The summed E-state index contributed by atoms with van der Waals surface area (Å²) in [4.78, 5) is 15.4. The molecule has 2 unspecified atom stereocenters. The molecular weight excluding hydrogens is 350 g/mol. The van der Waals surface area contributed by atoms with Gasteiger partial charge in [0.15, 0.2) is 6.10 Å². The van der Waals surface area contributed by atoms with E-state index in [0.29, 0.717) is 0 Å². The minimum absolute atomic E-state index is 0.101. The molecule has 0 spiro atoms. The Morgan fingerprint density at radius 1 is 1.07 bits per heavy atom. The highest BCUT2D eigenvalue weighted by Gasteiger charge is 2.49. The van der Waals surface area contributed by atoms with Crippen molar-refractivity contribution >= 4 is 5.97 Å². The van der Waals surface area contributed by atoms with Crippen LogP contribution in [0.5, 0.6) is 0 Å². The second-order valence-corrected chi connectivity index (χ2v) is 8.34. The highest BCUT2D eigenvalue weighted by atomic mass is 16.6. The van der Waals surface area contributed by atoms with Gasteiger partial charge in [-0.1, -0.05) is 67.6 Å². The highest BCUT2D eigenvalue weighted by molar-refractivity contribution is 5.77. The molecule has 4 nitrogen and oxygen atoms in total. The van der Waals surface area contributed by atoms with Crippen molar-refractivity contribution in [2.75, 3.05) is 0 Å². The fourth-order valence-corrected chi connectivity index (χ4v) is 3.89. The van der Waals surface area contributed by atoms with E-state index in [1.165, 1.54) is 5.56 Å². The van der Waals surface area contributed by atoms with Gasteiger partial charge in [-0.3, -0.25) is 4.90 Å². The predicted molar refractivity (Wildman–Crippen MR) is 111 cm³/mol. The molecule has 0 amide bonds. The van der Waals surface area contributed by atoms with Crippen LogP contribution in [0.1, 0.15) is 64.3 Å². The molecule has 3 rings (SSSR count). The molecule has 4 heteroatoms. The van der Waals surface area contributed by atoms with Crippen LogP contribution in [0, 0.1) is 0 Å². The summed E-state index contributed by atoms with van der Waals surface area (Å²) < 4.78 is 12.0. The van der Waals surface area contributed by atoms with Crippen molar-refractivity contribution in [1.29, 1.82) is 0 Å². The molecule has 0 saturated carbocycles. The molecule has 0 aromatic heterocycles. The molecule has 1 fully saturated rings. The van der Waals surface area contributed by atoms with E-state index in [9.17, 15) is 4.79 Å². The summed E-state index contributed by atoms with van der Waals surface area (Å²) in [5.41, 5.74) is 1.72. The first-order valence-electron chi connectivity index (χ1n) is 10.1. The lowest BCUT2D eigenvalue weighted by molar-refractivity contribution is -0.168. The first kappa shape index (κ1) is 20.6. The Hall–Kier alpha value is -2.17. The molecule has 2 aromatic carbocycles. The van der Waals surface area contributed by atoms with Crippen molar-refractivity contribution in [3.05, 3.63) is 71.8 Å². The average molecular weight is 382 g/mol. The van der Waals surface area contributed by atoms with E-state index in [1.54, 1.807) is 0 Å². The third kappa shape index (κ3) is 4.45. The van der Waals surface area contributed by atoms with Gasteiger partial charge in [0, 0.05) is 6.04 Å². The second-order valence-electron chi connectivity index (χ2n) is 8.34. The smallest absolute Gasteiger partial charge is 0.337 e. The minimum Gasteiger partial charge on any atom is -0.458 e. The first-order chi connectivity index (χ1) is 13.3. The SMILES string of the molecule is CC[C@@H]1OC(C(=O)OC(C)(C)C)[C@H](c2ccccc2)N1C(C)c1ccccc1. The molecule has 150 valence electrons. The number of carbonyl (C=O) groups excluding carboxylic acids is 1. The molecule has 0 radical (unpaired) electrons. The summed E-state index contributed by atoms with van der Waals surface area (Å²) in [5.74, 6) is -0.303. The van der Waals surface area contributed by atoms with E-state index in [-0.39, 0.29) is 24.3 Å². The third-order valence-corrected chi connectivity index (χ3v) is 5.10. The maximum Gasteiger partial charge on any atom is 0.337 e. The summed E-state index contributed by atoms with van der Waals surface area (Å²) in [6.45, 7) is 9.93. The van der Waals surface area contributed by atoms with E-state index in [2.05, 4.69) is 43.0 Å². The van der Waals surface area contributed by atoms with Crippen LogP contribution in [-0.4, -0.2) is 28.8 Å². The molecule has 1 saturated heterocycles. The Labute approximate surface area is 168 Å². The molecule has 2 aromatic rings. The predicted octanol–water partition coefficient (Wildman–Crippen LogP) is 5.27. The molecule has 0 aliphatic carbocycles. The number of nitrogens with zero attached hydrogens (tertiary/aromatic N) is 1. The Morgan fingerprint density at radius 3 is 2.18 bits per heavy atom. The fraction of sp³-hybridized carbons (Fsp3) is 0.458. The zero-order valence-corrected chi connectivity index (χ0v) is 17.5. The topological polar surface area (TPSA) is 38.8 Å². The van der Waals surface area contributed by atoms with Crippen molar-refractivity contribution in [2.45, 2.75) is 71.1 Å². The molecule has 1 heterocycles. The first-order valence-corrected chi connectivity index (χ1v) is 10.1. The van der Waals surface area contributed by atoms with Gasteiger partial charge in [0.05, 0.1) is 6.04 Å². The zero-order chi connectivity index (χ0) is 20.3. The molecule has 1 aliphatic heterocycles. The van der Waals surface area contributed by atoms with Crippen LogP contribution in [0.25, 0.3) is 0 Å². The van der Waals surface area contributed by atoms with Crippen LogP contribution in [-0.2, 0) is 14.3 Å². The summed E-state index contributed by atoms with van der Waals surface area (Å²) in [5, 5.41) is 0. The maximum absolute atomic E-state index is 13.0. The van der Waals surface area contributed by atoms with Gasteiger partial charge in [0.1, 0.15) is 11.8 Å². The van der Waals surface area contributed by atoms with Gasteiger partial charge in [0.25, 0.3) is 0 Å². The quantitative estimate of drug-likeness (QED) is 0.662. The standard InChI is InChI=1S/C24H31NO3/c1-6-20-25(17(2)18-13-9-7-10-14-18)21(19-15-11-8-12-16-19)22(27-20)23(26)28-24(3,4)5/h7-17,20-22H,6H2,1-5H3/t17?,20-,21-,22?/m0/s1. The van der Waals surface area contributed by atoms with E-state index in [4.69, 9.17) is 9.47 Å². The Kier molecular flexibility index (Phi) is 6.21. The van der Waals surface area contributed by atoms with Gasteiger partial charge in [-0.25, -0.2) is 4.79 Å². The molecule has 28 heavy (non-hydrogen) atoms. The number of rotatable bonds is 5. The van der Waals surface area contributed by atoms with E-state index < -0.39 is 11.7 Å². The Bertz CT molecular complexity index is 769. The van der Waals surface area contributed by atoms with Crippen LogP contribution in [0.3, 0.4) is 0 Å². The van der Waals surface area contributed by atoms with E-state index in [1.807, 2.05) is 57.2 Å². The fourth-order valence-electron chi connectivity index (χ4n) is 3.89. The van der Waals surface area contributed by atoms with E-state index >= 15 is 0 Å². The van der Waals surface area contributed by atoms with Gasteiger partial charge in [-0.15, -0.1) is 0 Å². The molecule has 0 bridgehead atoms. The summed E-state index contributed by atoms with van der Waals surface area (Å²) in [7, 11) is 0. The summed E-state index contributed by atoms with van der Waals surface area (Å²) in [6, 6.07) is 20.4. The third-order valence-electron chi connectivity index (χ3n) is 5.10. The van der Waals surface area contributed by atoms with Crippen LogP contribution in [0.15, 0.2) is 60.7 Å². The monoisotopic (exact) mass is 381 g/mol. The number of ether oxygens (including phenoxy) is 2.